The first-order valence-corrected chi connectivity index (χ1v) is 8.05. The Morgan fingerprint density at radius 2 is 1.81 bits per heavy atom. The van der Waals surface area contributed by atoms with Crippen molar-refractivity contribution >= 4 is 0 Å². The molecular weight excluding hydrogens is 256 g/mol. The maximum atomic E-state index is 4.82. The van der Waals surface area contributed by atoms with Crippen molar-refractivity contribution in [2.75, 3.05) is 0 Å². The predicted octanol–water partition coefficient (Wildman–Crippen LogP) is 4.82. The summed E-state index contributed by atoms with van der Waals surface area (Å²) in [6.45, 7) is 11.3. The number of benzene rings is 1. The molecule has 21 heavy (non-hydrogen) atoms. The number of hydrogen-bond donors (Lipinski definition) is 0. The van der Waals surface area contributed by atoms with Crippen LogP contribution in [-0.4, -0.2) is 9.78 Å². The van der Waals surface area contributed by atoms with E-state index in [0.29, 0.717) is 11.3 Å². The lowest BCUT2D eigenvalue weighted by Crippen LogP contribution is -2.23. The molecule has 2 nitrogen and oxygen atoms in total. The maximum Gasteiger partial charge on any atom is 0.0649 e. The second-order valence-corrected chi connectivity index (χ2v) is 7.51. The van der Waals surface area contributed by atoms with Crippen LogP contribution in [-0.2, 0) is 12.8 Å². The Hall–Kier alpha value is -1.57. The Morgan fingerprint density at radius 3 is 2.43 bits per heavy atom. The molecule has 0 saturated carbocycles. The van der Waals surface area contributed by atoms with Gasteiger partial charge in [0.05, 0.1) is 11.4 Å². The van der Waals surface area contributed by atoms with Crippen molar-refractivity contribution in [2.24, 2.45) is 5.41 Å². The molecule has 0 bridgehead atoms. The number of hydrogen-bond acceptors (Lipinski definition) is 1. The van der Waals surface area contributed by atoms with Crippen molar-refractivity contribution in [3.63, 3.8) is 0 Å². The summed E-state index contributed by atoms with van der Waals surface area (Å²) < 4.78 is 2.18. The summed E-state index contributed by atoms with van der Waals surface area (Å²) in [5.74, 6) is 0.575. The van der Waals surface area contributed by atoms with Gasteiger partial charge in [0, 0.05) is 5.69 Å². The fourth-order valence-electron chi connectivity index (χ4n) is 3.33. The molecule has 0 N–H and O–H groups in total. The van der Waals surface area contributed by atoms with E-state index in [1.807, 2.05) is 0 Å². The van der Waals surface area contributed by atoms with E-state index in [4.69, 9.17) is 5.10 Å². The second-order valence-electron chi connectivity index (χ2n) is 7.51. The van der Waals surface area contributed by atoms with Crippen molar-refractivity contribution in [3.05, 3.63) is 46.8 Å². The molecule has 1 aliphatic carbocycles. The molecule has 1 aromatic carbocycles. The van der Waals surface area contributed by atoms with Gasteiger partial charge >= 0.3 is 0 Å². The van der Waals surface area contributed by atoms with Crippen LogP contribution in [0.5, 0.6) is 0 Å². The molecule has 2 aromatic rings. The van der Waals surface area contributed by atoms with Crippen LogP contribution in [0.4, 0.5) is 0 Å². The molecule has 1 heterocycles. The molecule has 0 radical (unpaired) electrons. The van der Waals surface area contributed by atoms with Crippen LogP contribution >= 0.6 is 0 Å². The Bertz CT molecular complexity index is 645. The topological polar surface area (TPSA) is 17.8 Å². The van der Waals surface area contributed by atoms with E-state index in [-0.39, 0.29) is 0 Å². The van der Waals surface area contributed by atoms with Crippen LogP contribution in [0.3, 0.4) is 0 Å². The molecule has 0 amide bonds. The molecule has 2 heteroatoms. The summed E-state index contributed by atoms with van der Waals surface area (Å²) in [5, 5.41) is 4.82. The van der Waals surface area contributed by atoms with Gasteiger partial charge in [-0.2, -0.15) is 5.10 Å². The number of rotatable bonds is 2. The highest BCUT2D eigenvalue weighted by molar-refractivity contribution is 5.41. The van der Waals surface area contributed by atoms with Gasteiger partial charge in [-0.25, -0.2) is 4.68 Å². The molecule has 0 saturated heterocycles. The summed E-state index contributed by atoms with van der Waals surface area (Å²) in [6.07, 6.45) is 3.55. The van der Waals surface area contributed by atoms with Gasteiger partial charge in [0.1, 0.15) is 0 Å². The molecule has 0 fully saturated rings. The van der Waals surface area contributed by atoms with Crippen LogP contribution in [0.25, 0.3) is 5.69 Å². The standard InChI is InChI=1S/C19H26N2/c1-13(2)15-6-8-16(9-7-15)21-18-12-19(4,5)11-10-17(18)14(3)20-21/h6-9,13H,10-12H2,1-5H3. The number of nitrogens with zero attached hydrogens (tertiary/aromatic N) is 2. The van der Waals surface area contributed by atoms with Crippen LogP contribution in [0.15, 0.2) is 24.3 Å². The van der Waals surface area contributed by atoms with E-state index >= 15 is 0 Å². The van der Waals surface area contributed by atoms with Crippen molar-refractivity contribution in [1.82, 2.24) is 9.78 Å². The van der Waals surface area contributed by atoms with Crippen LogP contribution in [0.2, 0.25) is 0 Å². The molecule has 0 unspecified atom stereocenters. The van der Waals surface area contributed by atoms with E-state index in [0.717, 1.165) is 12.8 Å². The van der Waals surface area contributed by atoms with Crippen molar-refractivity contribution in [2.45, 2.75) is 59.8 Å². The molecule has 1 aromatic heterocycles. The first-order chi connectivity index (χ1) is 9.87. The zero-order valence-corrected chi connectivity index (χ0v) is 13.9. The van der Waals surface area contributed by atoms with Gasteiger partial charge in [-0.05, 0) is 60.8 Å². The Kier molecular flexibility index (Phi) is 3.43. The number of fused-ring (bicyclic) bond motifs is 1. The molecule has 112 valence electrons. The summed E-state index contributed by atoms with van der Waals surface area (Å²) in [5.41, 5.74) is 7.06. The third-order valence-electron chi connectivity index (χ3n) is 4.79. The summed E-state index contributed by atoms with van der Waals surface area (Å²) in [7, 11) is 0. The van der Waals surface area contributed by atoms with E-state index in [1.54, 1.807) is 0 Å². The summed E-state index contributed by atoms with van der Waals surface area (Å²) in [6, 6.07) is 8.89. The largest absolute Gasteiger partial charge is 0.237 e. The second kappa shape index (κ2) is 5.01. The lowest BCUT2D eigenvalue weighted by atomic mass is 9.76. The number of aromatic nitrogens is 2. The fourth-order valence-corrected chi connectivity index (χ4v) is 3.33. The molecule has 0 aliphatic heterocycles. The van der Waals surface area contributed by atoms with E-state index in [1.165, 1.54) is 34.6 Å². The quantitative estimate of drug-likeness (QED) is 0.772. The van der Waals surface area contributed by atoms with Crippen molar-refractivity contribution < 1.29 is 0 Å². The Balaban J connectivity index is 2.03. The first kappa shape index (κ1) is 14.4. The Labute approximate surface area is 128 Å². The van der Waals surface area contributed by atoms with Crippen LogP contribution in [0, 0.1) is 12.3 Å². The minimum atomic E-state index is 0.384. The average molecular weight is 282 g/mol. The highest BCUT2D eigenvalue weighted by Crippen LogP contribution is 2.37. The van der Waals surface area contributed by atoms with Gasteiger partial charge < -0.3 is 0 Å². The zero-order valence-electron chi connectivity index (χ0n) is 13.9. The smallest absolute Gasteiger partial charge is 0.0649 e. The van der Waals surface area contributed by atoms with Gasteiger partial charge in [0.15, 0.2) is 0 Å². The highest BCUT2D eigenvalue weighted by atomic mass is 15.3. The van der Waals surface area contributed by atoms with Crippen LogP contribution < -0.4 is 0 Å². The lowest BCUT2D eigenvalue weighted by Gasteiger charge is -2.30. The normalized spacial score (nSPS) is 17.0. The predicted molar refractivity (Wildman–Crippen MR) is 88.2 cm³/mol. The molecule has 0 atom stereocenters. The third kappa shape index (κ3) is 2.64. The van der Waals surface area contributed by atoms with Gasteiger partial charge in [0.2, 0.25) is 0 Å². The van der Waals surface area contributed by atoms with Gasteiger partial charge in [0.25, 0.3) is 0 Å². The van der Waals surface area contributed by atoms with E-state index < -0.39 is 0 Å². The minimum absolute atomic E-state index is 0.384. The van der Waals surface area contributed by atoms with E-state index in [9.17, 15) is 0 Å². The first-order valence-electron chi connectivity index (χ1n) is 8.05. The molecular formula is C19H26N2. The summed E-state index contributed by atoms with van der Waals surface area (Å²) >= 11 is 0. The third-order valence-corrected chi connectivity index (χ3v) is 4.79. The van der Waals surface area contributed by atoms with Crippen LogP contribution in [0.1, 0.15) is 62.5 Å². The number of aryl methyl sites for hydroxylation is 1. The van der Waals surface area contributed by atoms with E-state index in [2.05, 4.69) is 63.6 Å². The lowest BCUT2D eigenvalue weighted by molar-refractivity contribution is 0.309. The van der Waals surface area contributed by atoms with Gasteiger partial charge in [-0.3, -0.25) is 0 Å². The summed E-state index contributed by atoms with van der Waals surface area (Å²) in [4.78, 5) is 0. The maximum absolute atomic E-state index is 4.82. The molecule has 3 rings (SSSR count). The SMILES string of the molecule is Cc1nn(-c2ccc(C(C)C)cc2)c2c1CCC(C)(C)C2. The van der Waals surface area contributed by atoms with Gasteiger partial charge in [-0.1, -0.05) is 39.8 Å². The fraction of sp³-hybridized carbons (Fsp3) is 0.526. The molecule has 0 spiro atoms. The monoisotopic (exact) mass is 282 g/mol. The Morgan fingerprint density at radius 1 is 1.14 bits per heavy atom. The highest BCUT2D eigenvalue weighted by Gasteiger charge is 2.30. The van der Waals surface area contributed by atoms with Gasteiger partial charge in [-0.15, -0.1) is 0 Å². The molecule has 1 aliphatic rings. The average Bonchev–Trinajstić information content (AvgIpc) is 2.74. The van der Waals surface area contributed by atoms with Crippen molar-refractivity contribution in [3.8, 4) is 5.69 Å². The van der Waals surface area contributed by atoms with Crippen molar-refractivity contribution in [1.29, 1.82) is 0 Å². The zero-order chi connectivity index (χ0) is 15.2. The minimum Gasteiger partial charge on any atom is -0.237 e.